The van der Waals surface area contributed by atoms with E-state index in [-0.39, 0.29) is 0 Å². The van der Waals surface area contributed by atoms with Crippen molar-refractivity contribution in [3.63, 3.8) is 0 Å². The van der Waals surface area contributed by atoms with Crippen molar-refractivity contribution in [1.29, 1.82) is 5.41 Å². The first-order chi connectivity index (χ1) is 6.72. The Morgan fingerprint density at radius 2 is 2.14 bits per heavy atom. The highest BCUT2D eigenvalue weighted by molar-refractivity contribution is 5.81. The molecule has 0 fully saturated rings. The van der Waals surface area contributed by atoms with Gasteiger partial charge < -0.3 is 10.5 Å². The van der Waals surface area contributed by atoms with Gasteiger partial charge in [-0.3, -0.25) is 0 Å². The van der Waals surface area contributed by atoms with Crippen molar-refractivity contribution in [1.82, 2.24) is 0 Å². The molecule has 0 atom stereocenters. The van der Waals surface area contributed by atoms with Crippen molar-refractivity contribution < 1.29 is 5.11 Å². The molecule has 14 heavy (non-hydrogen) atoms. The third-order valence-corrected chi connectivity index (χ3v) is 2.18. The summed E-state index contributed by atoms with van der Waals surface area (Å²) in [6.45, 7) is 2.09. The van der Waals surface area contributed by atoms with E-state index in [2.05, 4.69) is 6.92 Å². The van der Waals surface area contributed by atoms with E-state index in [1.165, 1.54) is 0 Å². The second-order valence-corrected chi connectivity index (χ2v) is 3.52. The number of phenolic OH excluding ortho intramolecular Hbond substituents is 1. The van der Waals surface area contributed by atoms with Crippen LogP contribution >= 0.6 is 0 Å². The number of hydrogen-bond donors (Lipinski definition) is 2. The van der Waals surface area contributed by atoms with E-state index >= 15 is 0 Å². The molecule has 0 aromatic heterocycles. The van der Waals surface area contributed by atoms with E-state index in [1.807, 2.05) is 12.1 Å². The molecule has 1 aromatic rings. The van der Waals surface area contributed by atoms with Gasteiger partial charge in [0.2, 0.25) is 0 Å². The average molecular weight is 191 g/mol. The maximum atomic E-state index is 9.23. The van der Waals surface area contributed by atoms with E-state index in [4.69, 9.17) is 5.41 Å². The lowest BCUT2D eigenvalue weighted by Crippen LogP contribution is -1.98. The third kappa shape index (κ3) is 3.60. The van der Waals surface area contributed by atoms with Gasteiger partial charge in [0.25, 0.3) is 0 Å². The molecule has 0 saturated heterocycles. The van der Waals surface area contributed by atoms with Crippen LogP contribution in [-0.4, -0.2) is 10.8 Å². The molecule has 2 nitrogen and oxygen atoms in total. The minimum atomic E-state index is 0.310. The van der Waals surface area contributed by atoms with Crippen LogP contribution in [0.2, 0.25) is 0 Å². The van der Waals surface area contributed by atoms with Crippen molar-refractivity contribution in [3.05, 3.63) is 29.8 Å². The average Bonchev–Trinajstić information content (AvgIpc) is 2.15. The van der Waals surface area contributed by atoms with Gasteiger partial charge in [-0.1, -0.05) is 25.5 Å². The first kappa shape index (κ1) is 10.8. The molecule has 0 aliphatic heterocycles. The molecule has 1 aromatic carbocycles. The van der Waals surface area contributed by atoms with Gasteiger partial charge in [-0.25, -0.2) is 0 Å². The molecular formula is C12H17NO. The molecule has 76 valence electrons. The predicted octanol–water partition coefficient (Wildman–Crippen LogP) is 3.14. The molecule has 0 heterocycles. The smallest absolute Gasteiger partial charge is 0.115 e. The number of phenols is 1. The Morgan fingerprint density at radius 3 is 2.79 bits per heavy atom. The van der Waals surface area contributed by atoms with Crippen molar-refractivity contribution in [3.8, 4) is 5.75 Å². The highest BCUT2D eigenvalue weighted by Gasteiger charge is 1.98. The van der Waals surface area contributed by atoms with E-state index < -0.39 is 0 Å². The normalized spacial score (nSPS) is 10.1. The van der Waals surface area contributed by atoms with E-state index in [1.54, 1.807) is 12.1 Å². The Labute approximate surface area is 85.1 Å². The summed E-state index contributed by atoms with van der Waals surface area (Å²) < 4.78 is 0. The van der Waals surface area contributed by atoms with E-state index in [9.17, 15) is 5.11 Å². The molecule has 0 radical (unpaired) electrons. The maximum absolute atomic E-state index is 9.23. The summed E-state index contributed by atoms with van der Waals surface area (Å²) >= 11 is 0. The molecular weight excluding hydrogens is 174 g/mol. The van der Waals surface area contributed by atoms with Gasteiger partial charge in [-0.2, -0.15) is 0 Å². The molecule has 0 aliphatic rings. The zero-order valence-electron chi connectivity index (χ0n) is 8.59. The summed E-state index contributed by atoms with van der Waals surface area (Å²) in [5.74, 6) is 0.310. The van der Waals surface area contributed by atoms with Crippen molar-refractivity contribution >= 4 is 5.71 Å². The molecule has 0 spiro atoms. The van der Waals surface area contributed by atoms with Gasteiger partial charge >= 0.3 is 0 Å². The van der Waals surface area contributed by atoms with E-state index in [0.717, 1.165) is 37.0 Å². The Bertz CT molecular complexity index is 307. The summed E-state index contributed by atoms with van der Waals surface area (Å²) in [4.78, 5) is 0. The van der Waals surface area contributed by atoms with Gasteiger partial charge in [0.05, 0.1) is 0 Å². The fraction of sp³-hybridized carbons (Fsp3) is 0.417. The predicted molar refractivity (Wildman–Crippen MR) is 59.1 cm³/mol. The van der Waals surface area contributed by atoms with Crippen LogP contribution in [0.15, 0.2) is 24.3 Å². The highest BCUT2D eigenvalue weighted by Crippen LogP contribution is 2.13. The first-order valence-corrected chi connectivity index (χ1v) is 5.06. The van der Waals surface area contributed by atoms with Crippen LogP contribution in [0.4, 0.5) is 0 Å². The van der Waals surface area contributed by atoms with Crippen molar-refractivity contribution in [2.45, 2.75) is 32.6 Å². The topological polar surface area (TPSA) is 44.1 Å². The number of aryl methyl sites for hydroxylation is 1. The van der Waals surface area contributed by atoms with Crippen LogP contribution in [0.5, 0.6) is 5.75 Å². The molecule has 1 rings (SSSR count). The van der Waals surface area contributed by atoms with Gasteiger partial charge in [-0.15, -0.1) is 0 Å². The molecule has 0 saturated carbocycles. The van der Waals surface area contributed by atoms with Crippen molar-refractivity contribution in [2.24, 2.45) is 0 Å². The van der Waals surface area contributed by atoms with Crippen LogP contribution in [0.3, 0.4) is 0 Å². The number of hydrogen-bond acceptors (Lipinski definition) is 2. The van der Waals surface area contributed by atoms with Crippen LogP contribution in [0, 0.1) is 5.41 Å². The number of rotatable bonds is 5. The lowest BCUT2D eigenvalue weighted by Gasteiger charge is -2.03. The Hall–Kier alpha value is -1.31. The monoisotopic (exact) mass is 191 g/mol. The zero-order chi connectivity index (χ0) is 10.4. The fourth-order valence-corrected chi connectivity index (χ4v) is 1.43. The molecule has 0 bridgehead atoms. The van der Waals surface area contributed by atoms with Crippen LogP contribution in [0.25, 0.3) is 0 Å². The summed E-state index contributed by atoms with van der Waals surface area (Å²) in [5.41, 5.74) is 1.90. The minimum absolute atomic E-state index is 0.310. The number of nitrogens with one attached hydrogen (secondary N) is 1. The van der Waals surface area contributed by atoms with Crippen molar-refractivity contribution in [2.75, 3.05) is 0 Å². The zero-order valence-corrected chi connectivity index (χ0v) is 8.59. The molecule has 0 unspecified atom stereocenters. The Morgan fingerprint density at radius 1 is 1.36 bits per heavy atom. The second kappa shape index (κ2) is 5.43. The lowest BCUT2D eigenvalue weighted by molar-refractivity contribution is 0.474. The standard InChI is InChI=1S/C12H17NO/c1-2-4-11(13)8-7-10-5-3-6-12(14)9-10/h3,5-6,9,13-14H,2,4,7-8H2,1H3. The fourth-order valence-electron chi connectivity index (χ4n) is 1.43. The summed E-state index contributed by atoms with van der Waals surface area (Å²) in [7, 11) is 0. The second-order valence-electron chi connectivity index (χ2n) is 3.52. The number of benzene rings is 1. The minimum Gasteiger partial charge on any atom is -0.508 e. The Kier molecular flexibility index (Phi) is 4.17. The summed E-state index contributed by atoms with van der Waals surface area (Å²) in [5, 5.41) is 16.9. The lowest BCUT2D eigenvalue weighted by atomic mass is 10.0. The highest BCUT2D eigenvalue weighted by atomic mass is 16.3. The van der Waals surface area contributed by atoms with E-state index in [0.29, 0.717) is 5.75 Å². The largest absolute Gasteiger partial charge is 0.508 e. The van der Waals surface area contributed by atoms with Gasteiger partial charge in [-0.05, 0) is 37.0 Å². The molecule has 2 N–H and O–H groups in total. The summed E-state index contributed by atoms with van der Waals surface area (Å²) in [6, 6.07) is 7.26. The Balaban J connectivity index is 2.41. The van der Waals surface area contributed by atoms with Crippen LogP contribution in [0.1, 0.15) is 31.7 Å². The third-order valence-electron chi connectivity index (χ3n) is 2.18. The van der Waals surface area contributed by atoms with Gasteiger partial charge in [0.15, 0.2) is 0 Å². The SMILES string of the molecule is CCCC(=N)CCc1cccc(O)c1. The summed E-state index contributed by atoms with van der Waals surface area (Å²) in [6.07, 6.45) is 3.59. The molecule has 0 aliphatic carbocycles. The first-order valence-electron chi connectivity index (χ1n) is 5.06. The van der Waals surface area contributed by atoms with Crippen LogP contribution < -0.4 is 0 Å². The maximum Gasteiger partial charge on any atom is 0.115 e. The van der Waals surface area contributed by atoms with Gasteiger partial charge in [0, 0.05) is 5.71 Å². The quantitative estimate of drug-likeness (QED) is 0.690. The van der Waals surface area contributed by atoms with Crippen LogP contribution in [-0.2, 0) is 6.42 Å². The molecule has 0 amide bonds. The molecule has 2 heteroatoms. The number of aromatic hydroxyl groups is 1. The van der Waals surface area contributed by atoms with Gasteiger partial charge in [0.1, 0.15) is 5.75 Å².